The van der Waals surface area contributed by atoms with Gasteiger partial charge in [0.05, 0.1) is 4.34 Å². The van der Waals surface area contributed by atoms with Gasteiger partial charge in [0.25, 0.3) is 0 Å². The molecular formula is C11H16ClNS. The number of hydrogen-bond acceptors (Lipinski definition) is 2. The van der Waals surface area contributed by atoms with Gasteiger partial charge >= 0.3 is 0 Å². The van der Waals surface area contributed by atoms with Gasteiger partial charge in [-0.2, -0.15) is 0 Å². The zero-order chi connectivity index (χ0) is 9.97. The molecule has 0 amide bonds. The van der Waals surface area contributed by atoms with Crippen LogP contribution in [0.1, 0.15) is 37.1 Å². The third kappa shape index (κ3) is 2.97. The predicted molar refractivity (Wildman–Crippen MR) is 63.1 cm³/mol. The van der Waals surface area contributed by atoms with Gasteiger partial charge in [0, 0.05) is 10.9 Å². The molecule has 1 saturated carbocycles. The first kappa shape index (κ1) is 10.5. The molecule has 2 rings (SSSR count). The van der Waals surface area contributed by atoms with Crippen LogP contribution in [0.4, 0.5) is 0 Å². The van der Waals surface area contributed by atoms with Gasteiger partial charge in [0.1, 0.15) is 0 Å². The lowest BCUT2D eigenvalue weighted by Crippen LogP contribution is -2.19. The van der Waals surface area contributed by atoms with E-state index in [4.69, 9.17) is 11.6 Å². The molecule has 78 valence electrons. The maximum Gasteiger partial charge on any atom is 0.0931 e. The third-order valence-electron chi connectivity index (χ3n) is 2.72. The van der Waals surface area contributed by atoms with Crippen molar-refractivity contribution in [2.75, 3.05) is 6.54 Å². The molecule has 0 radical (unpaired) electrons. The summed E-state index contributed by atoms with van der Waals surface area (Å²) in [6, 6.07) is 4.54. The zero-order valence-corrected chi connectivity index (χ0v) is 10.00. The van der Waals surface area contributed by atoms with Crippen molar-refractivity contribution in [1.29, 1.82) is 0 Å². The van der Waals surface area contributed by atoms with Crippen LogP contribution in [0.5, 0.6) is 0 Å². The van der Waals surface area contributed by atoms with Crippen LogP contribution in [0.3, 0.4) is 0 Å². The van der Waals surface area contributed by atoms with E-state index in [1.807, 2.05) is 6.07 Å². The van der Waals surface area contributed by atoms with E-state index >= 15 is 0 Å². The van der Waals surface area contributed by atoms with Crippen LogP contribution in [0, 0.1) is 5.92 Å². The third-order valence-corrected chi connectivity index (χ3v) is 4.13. The van der Waals surface area contributed by atoms with Crippen molar-refractivity contribution in [2.24, 2.45) is 5.92 Å². The van der Waals surface area contributed by atoms with Gasteiger partial charge in [-0.3, -0.25) is 0 Å². The molecule has 0 spiro atoms. The topological polar surface area (TPSA) is 12.0 Å². The molecule has 1 unspecified atom stereocenters. The average molecular weight is 230 g/mol. The van der Waals surface area contributed by atoms with E-state index in [1.54, 1.807) is 11.3 Å². The molecule has 1 aromatic heterocycles. The van der Waals surface area contributed by atoms with Crippen LogP contribution in [0.25, 0.3) is 0 Å². The van der Waals surface area contributed by atoms with Crippen LogP contribution < -0.4 is 5.32 Å². The van der Waals surface area contributed by atoms with Crippen LogP contribution in [0.15, 0.2) is 12.1 Å². The molecule has 0 aliphatic heterocycles. The fourth-order valence-corrected chi connectivity index (χ4v) is 2.66. The van der Waals surface area contributed by atoms with E-state index in [9.17, 15) is 0 Å². The van der Waals surface area contributed by atoms with Crippen LogP contribution in [-0.2, 0) is 0 Å². The quantitative estimate of drug-likeness (QED) is 0.809. The van der Waals surface area contributed by atoms with E-state index in [-0.39, 0.29) is 0 Å². The van der Waals surface area contributed by atoms with E-state index < -0.39 is 0 Å². The molecule has 1 heterocycles. The lowest BCUT2D eigenvalue weighted by molar-refractivity contribution is 0.545. The van der Waals surface area contributed by atoms with Crippen LogP contribution in [0.2, 0.25) is 4.34 Å². The van der Waals surface area contributed by atoms with Crippen molar-refractivity contribution >= 4 is 22.9 Å². The normalized spacial score (nSPS) is 18.4. The minimum Gasteiger partial charge on any atom is -0.309 e. The smallest absolute Gasteiger partial charge is 0.0931 e. The highest BCUT2D eigenvalue weighted by molar-refractivity contribution is 7.16. The molecule has 1 nitrogen and oxygen atoms in total. The van der Waals surface area contributed by atoms with E-state index in [1.165, 1.54) is 24.1 Å². The molecule has 14 heavy (non-hydrogen) atoms. The summed E-state index contributed by atoms with van der Waals surface area (Å²) in [6.07, 6.45) is 4.23. The first-order valence-electron chi connectivity index (χ1n) is 5.24. The molecule has 1 atom stereocenters. The molecule has 1 aliphatic carbocycles. The van der Waals surface area contributed by atoms with Crippen molar-refractivity contribution in [3.63, 3.8) is 0 Å². The molecule has 1 fully saturated rings. The van der Waals surface area contributed by atoms with Gasteiger partial charge in [-0.15, -0.1) is 11.3 Å². The number of rotatable bonds is 5. The van der Waals surface area contributed by atoms with Crippen molar-refractivity contribution < 1.29 is 0 Å². The summed E-state index contributed by atoms with van der Waals surface area (Å²) in [5.74, 6) is 1.02. The molecule has 0 aromatic carbocycles. The first-order valence-corrected chi connectivity index (χ1v) is 6.44. The summed E-state index contributed by atoms with van der Waals surface area (Å²) >= 11 is 7.56. The summed E-state index contributed by atoms with van der Waals surface area (Å²) in [4.78, 5) is 1.34. The molecule has 0 bridgehead atoms. The van der Waals surface area contributed by atoms with Gasteiger partial charge in [0.2, 0.25) is 0 Å². The Morgan fingerprint density at radius 1 is 1.57 bits per heavy atom. The Hall–Kier alpha value is -0.0500. The number of thiophene rings is 1. The van der Waals surface area contributed by atoms with Gasteiger partial charge < -0.3 is 5.32 Å². The number of nitrogens with one attached hydrogen (secondary N) is 1. The first-order chi connectivity index (χ1) is 6.75. The second-order valence-electron chi connectivity index (χ2n) is 4.05. The highest BCUT2D eigenvalue weighted by Gasteiger charge is 2.20. The standard InChI is InChI=1S/C11H16ClNS/c1-8(10-4-5-11(12)14-10)13-7-6-9-2-3-9/h4-5,8-9,13H,2-3,6-7H2,1H3. The Morgan fingerprint density at radius 2 is 2.36 bits per heavy atom. The average Bonchev–Trinajstić information content (AvgIpc) is 2.87. The lowest BCUT2D eigenvalue weighted by atomic mass is 10.2. The minimum atomic E-state index is 0.450. The Balaban J connectivity index is 1.73. The number of halogens is 1. The SMILES string of the molecule is CC(NCCC1CC1)c1ccc(Cl)s1. The minimum absolute atomic E-state index is 0.450. The fourth-order valence-electron chi connectivity index (χ4n) is 1.57. The van der Waals surface area contributed by atoms with E-state index in [2.05, 4.69) is 18.3 Å². The van der Waals surface area contributed by atoms with E-state index in [0.29, 0.717) is 6.04 Å². The Kier molecular flexibility index (Phi) is 3.47. The molecular weight excluding hydrogens is 214 g/mol. The summed E-state index contributed by atoms with van der Waals surface area (Å²) in [6.45, 7) is 3.34. The monoisotopic (exact) mass is 229 g/mol. The molecule has 0 saturated heterocycles. The summed E-state index contributed by atoms with van der Waals surface area (Å²) in [5, 5.41) is 3.54. The predicted octanol–water partition coefficient (Wildman–Crippen LogP) is 3.85. The summed E-state index contributed by atoms with van der Waals surface area (Å²) in [5.41, 5.74) is 0. The molecule has 1 aromatic rings. The van der Waals surface area contributed by atoms with Gasteiger partial charge in [-0.1, -0.05) is 24.4 Å². The van der Waals surface area contributed by atoms with Crippen molar-refractivity contribution in [3.8, 4) is 0 Å². The van der Waals surface area contributed by atoms with Gasteiger partial charge in [-0.25, -0.2) is 0 Å². The maximum atomic E-state index is 5.89. The van der Waals surface area contributed by atoms with Crippen LogP contribution >= 0.6 is 22.9 Å². The Bertz CT molecular complexity index is 293. The zero-order valence-electron chi connectivity index (χ0n) is 8.42. The van der Waals surface area contributed by atoms with E-state index in [0.717, 1.165) is 16.8 Å². The number of hydrogen-bond donors (Lipinski definition) is 1. The largest absolute Gasteiger partial charge is 0.309 e. The van der Waals surface area contributed by atoms with Crippen molar-refractivity contribution in [3.05, 3.63) is 21.3 Å². The summed E-state index contributed by atoms with van der Waals surface area (Å²) < 4.78 is 0.885. The van der Waals surface area contributed by atoms with Gasteiger partial charge in [0.15, 0.2) is 0 Å². The molecule has 1 aliphatic rings. The van der Waals surface area contributed by atoms with Crippen LogP contribution in [-0.4, -0.2) is 6.54 Å². The molecule has 3 heteroatoms. The highest BCUT2D eigenvalue weighted by Crippen LogP contribution is 2.32. The Labute approximate surface area is 94.5 Å². The fraction of sp³-hybridized carbons (Fsp3) is 0.636. The Morgan fingerprint density at radius 3 is 2.93 bits per heavy atom. The second-order valence-corrected chi connectivity index (χ2v) is 5.80. The lowest BCUT2D eigenvalue weighted by Gasteiger charge is -2.11. The maximum absolute atomic E-state index is 5.89. The molecule has 1 N–H and O–H groups in total. The van der Waals surface area contributed by atoms with Crippen molar-refractivity contribution in [1.82, 2.24) is 5.32 Å². The second kappa shape index (κ2) is 4.65. The van der Waals surface area contributed by atoms with Gasteiger partial charge in [-0.05, 0) is 37.9 Å². The van der Waals surface area contributed by atoms with Crippen molar-refractivity contribution in [2.45, 2.75) is 32.2 Å². The summed E-state index contributed by atoms with van der Waals surface area (Å²) in [7, 11) is 0. The highest BCUT2D eigenvalue weighted by atomic mass is 35.5.